The smallest absolute Gasteiger partial charge is 0.326 e. The van der Waals surface area contributed by atoms with Gasteiger partial charge in [-0.25, -0.2) is 4.79 Å². The Kier molecular flexibility index (Phi) is 4.02. The molecule has 0 radical (unpaired) electrons. The lowest BCUT2D eigenvalue weighted by molar-refractivity contribution is 0.0946. The van der Waals surface area contributed by atoms with Crippen LogP contribution in [0.4, 0.5) is 0 Å². The third kappa shape index (κ3) is 3.32. The molecule has 124 valence electrons. The number of nitrogens with two attached hydrogens (primary N) is 1. The molecule has 1 aliphatic rings. The molecule has 1 saturated carbocycles. The van der Waals surface area contributed by atoms with Gasteiger partial charge in [0.25, 0.3) is 5.91 Å². The van der Waals surface area contributed by atoms with Gasteiger partial charge in [-0.05, 0) is 44.9 Å². The van der Waals surface area contributed by atoms with Crippen LogP contribution < -0.4 is 16.7 Å². The summed E-state index contributed by atoms with van der Waals surface area (Å²) in [6.07, 6.45) is 4.42. The molecule has 1 aromatic heterocycles. The molecule has 3 rings (SSSR count). The molecule has 0 bridgehead atoms. The lowest BCUT2D eigenvalue weighted by atomic mass is 10.1. The maximum absolute atomic E-state index is 12.3. The van der Waals surface area contributed by atoms with Crippen LogP contribution in [0.3, 0.4) is 0 Å². The number of hydrogen-bond acceptors (Lipinski definition) is 3. The van der Waals surface area contributed by atoms with E-state index in [0.717, 1.165) is 18.4 Å². The molecule has 4 N–H and O–H groups in total. The maximum Gasteiger partial charge on any atom is 0.326 e. The summed E-state index contributed by atoms with van der Waals surface area (Å²) in [5.74, 6) is -0.181. The molecule has 1 amide bonds. The second kappa shape index (κ2) is 5.85. The summed E-state index contributed by atoms with van der Waals surface area (Å²) < 4.78 is 1.84. The Balaban J connectivity index is 1.88. The van der Waals surface area contributed by atoms with Crippen LogP contribution in [0.15, 0.2) is 23.0 Å². The normalized spacial score (nSPS) is 16.1. The number of aromatic nitrogens is 2. The fourth-order valence-electron chi connectivity index (χ4n) is 3.21. The minimum atomic E-state index is -0.458. The largest absolute Gasteiger partial charge is 0.350 e. The number of hydrogen-bond donors (Lipinski definition) is 3. The Hall–Kier alpha value is -2.08. The minimum absolute atomic E-state index is 0.0902. The van der Waals surface area contributed by atoms with Crippen molar-refractivity contribution in [3.63, 3.8) is 0 Å². The van der Waals surface area contributed by atoms with Crippen molar-refractivity contribution in [2.24, 2.45) is 5.73 Å². The number of rotatable bonds is 4. The number of carbonyl (C=O) groups is 1. The lowest BCUT2D eigenvalue weighted by Gasteiger charge is -2.18. The number of imidazole rings is 1. The Morgan fingerprint density at radius 2 is 2.09 bits per heavy atom. The van der Waals surface area contributed by atoms with Gasteiger partial charge < -0.3 is 16.0 Å². The van der Waals surface area contributed by atoms with Crippen LogP contribution >= 0.6 is 0 Å². The van der Waals surface area contributed by atoms with E-state index < -0.39 is 5.54 Å². The summed E-state index contributed by atoms with van der Waals surface area (Å²) >= 11 is 0. The van der Waals surface area contributed by atoms with Crippen LogP contribution in [0.5, 0.6) is 0 Å². The van der Waals surface area contributed by atoms with E-state index in [1.807, 2.05) is 24.5 Å². The number of amides is 1. The maximum atomic E-state index is 12.3. The Labute approximate surface area is 135 Å². The van der Waals surface area contributed by atoms with Gasteiger partial charge in [-0.15, -0.1) is 0 Å². The number of nitrogens with zero attached hydrogens (tertiary/aromatic N) is 1. The minimum Gasteiger partial charge on any atom is -0.350 e. The van der Waals surface area contributed by atoms with Crippen molar-refractivity contribution in [2.45, 2.75) is 51.1 Å². The number of carbonyl (C=O) groups excluding carboxylic acids is 1. The first-order valence-corrected chi connectivity index (χ1v) is 8.16. The van der Waals surface area contributed by atoms with Crippen molar-refractivity contribution in [3.05, 3.63) is 34.2 Å². The van der Waals surface area contributed by atoms with Crippen molar-refractivity contribution >= 4 is 16.9 Å². The molecule has 6 heteroatoms. The van der Waals surface area contributed by atoms with Crippen molar-refractivity contribution < 1.29 is 4.79 Å². The zero-order chi connectivity index (χ0) is 16.6. The topological polar surface area (TPSA) is 92.9 Å². The SMILES string of the molecule is CC(C)(N)CNC(=O)c1ccc2c(c1)[nH]c(=O)n2C1CCCC1. The first-order valence-electron chi connectivity index (χ1n) is 8.16. The summed E-state index contributed by atoms with van der Waals surface area (Å²) in [5.41, 5.74) is 7.44. The van der Waals surface area contributed by atoms with Crippen LogP contribution in [-0.2, 0) is 0 Å². The van der Waals surface area contributed by atoms with Gasteiger partial charge in [0.1, 0.15) is 0 Å². The van der Waals surface area contributed by atoms with Gasteiger partial charge in [-0.1, -0.05) is 12.8 Å². The van der Waals surface area contributed by atoms with Crippen LogP contribution in [-0.4, -0.2) is 27.5 Å². The summed E-state index contributed by atoms with van der Waals surface area (Å²) in [6, 6.07) is 5.63. The number of aromatic amines is 1. The highest BCUT2D eigenvalue weighted by Gasteiger charge is 2.21. The first-order chi connectivity index (χ1) is 10.8. The molecule has 0 unspecified atom stereocenters. The van der Waals surface area contributed by atoms with Gasteiger partial charge in [0.15, 0.2) is 0 Å². The van der Waals surface area contributed by atoms with E-state index in [-0.39, 0.29) is 17.6 Å². The lowest BCUT2D eigenvalue weighted by Crippen LogP contribution is -2.45. The molecule has 0 saturated heterocycles. The average Bonchev–Trinajstić information content (AvgIpc) is 3.09. The van der Waals surface area contributed by atoms with Gasteiger partial charge in [0, 0.05) is 23.7 Å². The van der Waals surface area contributed by atoms with Gasteiger partial charge in [0.05, 0.1) is 11.0 Å². The molecule has 6 nitrogen and oxygen atoms in total. The number of H-pyrrole nitrogens is 1. The van der Waals surface area contributed by atoms with E-state index >= 15 is 0 Å². The van der Waals surface area contributed by atoms with Gasteiger partial charge in [-0.3, -0.25) is 9.36 Å². The molecule has 1 heterocycles. The molecule has 1 aliphatic carbocycles. The van der Waals surface area contributed by atoms with Crippen LogP contribution in [0.1, 0.15) is 55.9 Å². The summed E-state index contributed by atoms with van der Waals surface area (Å²) in [6.45, 7) is 4.11. The predicted molar refractivity (Wildman–Crippen MR) is 90.7 cm³/mol. The van der Waals surface area contributed by atoms with Crippen molar-refractivity contribution in [1.29, 1.82) is 0 Å². The number of benzene rings is 1. The number of fused-ring (bicyclic) bond motifs is 1. The van der Waals surface area contributed by atoms with E-state index in [1.54, 1.807) is 12.1 Å². The Morgan fingerprint density at radius 1 is 1.39 bits per heavy atom. The molecule has 2 aromatic rings. The fraction of sp³-hybridized carbons (Fsp3) is 0.529. The standard InChI is InChI=1S/C17H24N4O2/c1-17(2,18)10-19-15(22)11-7-8-14-13(9-11)20-16(23)21(14)12-5-3-4-6-12/h7-9,12H,3-6,10,18H2,1-2H3,(H,19,22)(H,20,23). The highest BCUT2D eigenvalue weighted by molar-refractivity contribution is 5.97. The second-order valence-electron chi connectivity index (χ2n) is 7.14. The van der Waals surface area contributed by atoms with Crippen molar-refractivity contribution in [3.8, 4) is 0 Å². The van der Waals surface area contributed by atoms with E-state index in [9.17, 15) is 9.59 Å². The Morgan fingerprint density at radius 3 is 2.74 bits per heavy atom. The Bertz CT molecular complexity index is 776. The average molecular weight is 316 g/mol. The van der Waals surface area contributed by atoms with Crippen LogP contribution in [0, 0.1) is 0 Å². The molecular weight excluding hydrogens is 292 g/mol. The summed E-state index contributed by atoms with van der Waals surface area (Å²) in [7, 11) is 0. The molecule has 0 aliphatic heterocycles. The van der Waals surface area contributed by atoms with E-state index in [4.69, 9.17) is 5.73 Å². The zero-order valence-corrected chi connectivity index (χ0v) is 13.7. The first kappa shape index (κ1) is 15.8. The predicted octanol–water partition coefficient (Wildman–Crippen LogP) is 1.91. The third-order valence-electron chi connectivity index (χ3n) is 4.37. The van der Waals surface area contributed by atoms with E-state index in [0.29, 0.717) is 17.6 Å². The molecule has 23 heavy (non-hydrogen) atoms. The molecule has 0 atom stereocenters. The quantitative estimate of drug-likeness (QED) is 0.804. The second-order valence-corrected chi connectivity index (χ2v) is 7.14. The van der Waals surface area contributed by atoms with E-state index in [2.05, 4.69) is 10.3 Å². The van der Waals surface area contributed by atoms with Crippen LogP contribution in [0.2, 0.25) is 0 Å². The number of nitrogens with one attached hydrogen (secondary N) is 2. The highest BCUT2D eigenvalue weighted by atomic mass is 16.2. The zero-order valence-electron chi connectivity index (χ0n) is 13.7. The molecule has 1 fully saturated rings. The third-order valence-corrected chi connectivity index (χ3v) is 4.37. The van der Waals surface area contributed by atoms with E-state index in [1.165, 1.54) is 12.8 Å². The molecule has 1 aromatic carbocycles. The van der Waals surface area contributed by atoms with Gasteiger partial charge in [-0.2, -0.15) is 0 Å². The van der Waals surface area contributed by atoms with Gasteiger partial charge in [0.2, 0.25) is 0 Å². The fourth-order valence-corrected chi connectivity index (χ4v) is 3.21. The monoisotopic (exact) mass is 316 g/mol. The summed E-state index contributed by atoms with van der Waals surface area (Å²) in [4.78, 5) is 27.3. The van der Waals surface area contributed by atoms with Gasteiger partial charge >= 0.3 is 5.69 Å². The molecule has 0 spiro atoms. The highest BCUT2D eigenvalue weighted by Crippen LogP contribution is 2.30. The molecular formula is C17H24N4O2. The van der Waals surface area contributed by atoms with Crippen LogP contribution in [0.25, 0.3) is 11.0 Å². The summed E-state index contributed by atoms with van der Waals surface area (Å²) in [5, 5.41) is 2.82. The van der Waals surface area contributed by atoms with Crippen molar-refractivity contribution in [1.82, 2.24) is 14.9 Å². The van der Waals surface area contributed by atoms with Crippen molar-refractivity contribution in [2.75, 3.05) is 6.54 Å².